The fourth-order valence-corrected chi connectivity index (χ4v) is 0.227. The van der Waals surface area contributed by atoms with Crippen LogP contribution in [-0.4, -0.2) is 0 Å². The van der Waals surface area contributed by atoms with Crippen LogP contribution >= 0.6 is 13.5 Å². The smallest absolute Gasteiger partial charge is 0.0902 e. The van der Waals surface area contributed by atoms with E-state index in [1.54, 1.807) is 12.5 Å². The van der Waals surface area contributed by atoms with E-state index in [2.05, 4.69) is 4.42 Å². The van der Waals surface area contributed by atoms with Crippen molar-refractivity contribution < 1.29 is 4.42 Å². The molecule has 0 atom stereocenters. The van der Waals surface area contributed by atoms with Crippen LogP contribution in [0.4, 0.5) is 0 Å². The van der Waals surface area contributed by atoms with Gasteiger partial charge in [0.05, 0.1) is 12.5 Å². The van der Waals surface area contributed by atoms with Gasteiger partial charge in [-0.3, -0.25) is 0 Å². The minimum Gasteiger partial charge on any atom is -0.473 e. The largest absolute Gasteiger partial charge is 0.473 e. The molecule has 1 nitrogen and oxygen atoms in total. The first-order valence-electron chi connectivity index (χ1n) is 1.47. The highest BCUT2D eigenvalue weighted by Gasteiger charge is 1.58. The Hall–Kier alpha value is -0.370. The minimum absolute atomic E-state index is 0. The van der Waals surface area contributed by atoms with E-state index >= 15 is 0 Å². The van der Waals surface area contributed by atoms with E-state index in [9.17, 15) is 0 Å². The molecule has 0 amide bonds. The molecular weight excluding hydrogens is 96.1 g/mol. The van der Waals surface area contributed by atoms with Gasteiger partial charge < -0.3 is 4.42 Å². The lowest BCUT2D eigenvalue weighted by atomic mass is 10.7. The molecular formula is C4H6OS. The first-order valence-corrected chi connectivity index (χ1v) is 1.47. The van der Waals surface area contributed by atoms with Crippen LogP contribution in [0.25, 0.3) is 0 Å². The fourth-order valence-electron chi connectivity index (χ4n) is 0.227. The topological polar surface area (TPSA) is 13.1 Å². The maximum Gasteiger partial charge on any atom is 0.0902 e. The molecule has 0 aliphatic carbocycles. The maximum absolute atomic E-state index is 4.58. The molecule has 6 heavy (non-hydrogen) atoms. The van der Waals surface area contributed by atoms with Gasteiger partial charge >= 0.3 is 0 Å². The third-order valence-electron chi connectivity index (χ3n) is 0.425. The Bertz CT molecular complexity index is 64.0. The van der Waals surface area contributed by atoms with E-state index in [1.165, 1.54) is 0 Å². The summed E-state index contributed by atoms with van der Waals surface area (Å²) in [7, 11) is 0. The molecule has 1 rings (SSSR count). The summed E-state index contributed by atoms with van der Waals surface area (Å²) < 4.78 is 4.58. The molecule has 1 aromatic rings. The molecule has 0 spiro atoms. The van der Waals surface area contributed by atoms with Gasteiger partial charge in [0.2, 0.25) is 0 Å². The Balaban J connectivity index is 0.000000250. The molecule has 0 aliphatic rings. The van der Waals surface area contributed by atoms with Crippen molar-refractivity contribution >= 4 is 13.5 Å². The zero-order valence-corrected chi connectivity index (χ0v) is 4.22. The molecule has 0 aromatic carbocycles. The van der Waals surface area contributed by atoms with E-state index < -0.39 is 0 Å². The Kier molecular flexibility index (Phi) is 2.67. The van der Waals surface area contributed by atoms with Crippen molar-refractivity contribution in [1.82, 2.24) is 0 Å². The van der Waals surface area contributed by atoms with E-state index in [4.69, 9.17) is 0 Å². The van der Waals surface area contributed by atoms with Crippen molar-refractivity contribution in [2.75, 3.05) is 0 Å². The first kappa shape index (κ1) is 5.63. The van der Waals surface area contributed by atoms with Crippen molar-refractivity contribution in [2.24, 2.45) is 0 Å². The number of rotatable bonds is 0. The van der Waals surface area contributed by atoms with Gasteiger partial charge in [-0.15, -0.1) is 0 Å². The summed E-state index contributed by atoms with van der Waals surface area (Å²) in [6.07, 6.45) is 3.25. The Morgan fingerprint density at radius 1 is 1.00 bits per heavy atom. The van der Waals surface area contributed by atoms with Crippen molar-refractivity contribution in [3.63, 3.8) is 0 Å². The normalized spacial score (nSPS) is 6.67. The summed E-state index contributed by atoms with van der Waals surface area (Å²) in [5.41, 5.74) is 0. The lowest BCUT2D eigenvalue weighted by Crippen LogP contribution is -1.16. The number of hydrogen-bond acceptors (Lipinski definition) is 1. The molecule has 0 radical (unpaired) electrons. The van der Waals surface area contributed by atoms with Crippen molar-refractivity contribution in [2.45, 2.75) is 0 Å². The summed E-state index contributed by atoms with van der Waals surface area (Å²) >= 11 is 0. The second-order valence-electron chi connectivity index (χ2n) is 0.793. The van der Waals surface area contributed by atoms with Crippen LogP contribution in [0.15, 0.2) is 29.1 Å². The van der Waals surface area contributed by atoms with Gasteiger partial charge in [0.25, 0.3) is 0 Å². The minimum atomic E-state index is 0. The van der Waals surface area contributed by atoms with Crippen LogP contribution in [0.2, 0.25) is 0 Å². The average Bonchev–Trinajstić information content (AvgIpc) is 1.76. The standard InChI is InChI=1S/C4H4O.H2S/c1-2-4-5-3-1;/h1-4H;1H2. The van der Waals surface area contributed by atoms with Crippen molar-refractivity contribution in [1.29, 1.82) is 0 Å². The highest BCUT2D eigenvalue weighted by Crippen LogP contribution is 1.79. The summed E-state index contributed by atoms with van der Waals surface area (Å²) in [6, 6.07) is 3.67. The van der Waals surface area contributed by atoms with Gasteiger partial charge in [0.15, 0.2) is 0 Å². The summed E-state index contributed by atoms with van der Waals surface area (Å²) in [5.74, 6) is 0. The Morgan fingerprint density at radius 3 is 1.67 bits per heavy atom. The zero-order chi connectivity index (χ0) is 3.54. The van der Waals surface area contributed by atoms with Gasteiger partial charge in [0.1, 0.15) is 0 Å². The van der Waals surface area contributed by atoms with Crippen molar-refractivity contribution in [3.8, 4) is 0 Å². The second-order valence-corrected chi connectivity index (χ2v) is 0.793. The molecule has 1 heterocycles. The number of hydrogen-bond donors (Lipinski definition) is 0. The quantitative estimate of drug-likeness (QED) is 0.482. The van der Waals surface area contributed by atoms with Gasteiger partial charge in [-0.1, -0.05) is 0 Å². The van der Waals surface area contributed by atoms with Crippen LogP contribution in [0.5, 0.6) is 0 Å². The molecule has 0 saturated heterocycles. The van der Waals surface area contributed by atoms with E-state index in [0.717, 1.165) is 0 Å². The molecule has 0 N–H and O–H groups in total. The third-order valence-corrected chi connectivity index (χ3v) is 0.425. The van der Waals surface area contributed by atoms with Crippen LogP contribution in [0.3, 0.4) is 0 Å². The van der Waals surface area contributed by atoms with E-state index in [-0.39, 0.29) is 13.5 Å². The van der Waals surface area contributed by atoms with Gasteiger partial charge in [0, 0.05) is 0 Å². The fraction of sp³-hybridized carbons (Fsp3) is 0. The predicted molar refractivity (Wildman–Crippen MR) is 29.1 cm³/mol. The second kappa shape index (κ2) is 2.85. The Labute approximate surface area is 43.4 Å². The van der Waals surface area contributed by atoms with E-state index in [0.29, 0.717) is 0 Å². The molecule has 0 bridgehead atoms. The lowest BCUT2D eigenvalue weighted by Gasteiger charge is -1.50. The lowest BCUT2D eigenvalue weighted by molar-refractivity contribution is 0.567. The highest BCUT2D eigenvalue weighted by molar-refractivity contribution is 7.59. The van der Waals surface area contributed by atoms with Crippen LogP contribution in [0, 0.1) is 0 Å². The van der Waals surface area contributed by atoms with Crippen molar-refractivity contribution in [3.05, 3.63) is 24.7 Å². The molecule has 0 saturated carbocycles. The molecule has 2 heteroatoms. The van der Waals surface area contributed by atoms with Gasteiger partial charge in [-0.2, -0.15) is 13.5 Å². The molecule has 1 aromatic heterocycles. The summed E-state index contributed by atoms with van der Waals surface area (Å²) in [5, 5.41) is 0. The predicted octanol–water partition coefficient (Wildman–Crippen LogP) is 1.39. The molecule has 0 unspecified atom stereocenters. The third kappa shape index (κ3) is 1.17. The first-order chi connectivity index (χ1) is 2.50. The zero-order valence-electron chi connectivity index (χ0n) is 3.22. The highest BCUT2D eigenvalue weighted by atomic mass is 32.1. The van der Waals surface area contributed by atoms with Gasteiger partial charge in [-0.05, 0) is 12.1 Å². The molecule has 34 valence electrons. The summed E-state index contributed by atoms with van der Waals surface area (Å²) in [4.78, 5) is 0. The van der Waals surface area contributed by atoms with Crippen LogP contribution in [0.1, 0.15) is 0 Å². The van der Waals surface area contributed by atoms with Crippen LogP contribution < -0.4 is 0 Å². The maximum atomic E-state index is 4.58. The molecule has 0 aliphatic heterocycles. The monoisotopic (exact) mass is 102 g/mol. The molecule has 0 fully saturated rings. The van der Waals surface area contributed by atoms with Crippen LogP contribution in [-0.2, 0) is 0 Å². The van der Waals surface area contributed by atoms with Gasteiger partial charge in [-0.25, -0.2) is 0 Å². The summed E-state index contributed by atoms with van der Waals surface area (Å²) in [6.45, 7) is 0. The van der Waals surface area contributed by atoms with E-state index in [1.807, 2.05) is 12.1 Å². The Morgan fingerprint density at radius 2 is 1.50 bits per heavy atom. The average molecular weight is 102 g/mol. The SMILES string of the molecule is S.c1ccoc1. The number of furan rings is 1.